The van der Waals surface area contributed by atoms with E-state index in [2.05, 4.69) is 5.32 Å². The van der Waals surface area contributed by atoms with Gasteiger partial charge in [0.15, 0.2) is 0 Å². The number of carboxylic acid groups (broad SMARTS) is 1. The molecule has 19 heavy (non-hydrogen) atoms. The Morgan fingerprint density at radius 3 is 2.42 bits per heavy atom. The van der Waals surface area contributed by atoms with E-state index in [0.29, 0.717) is 5.92 Å². The average Bonchev–Trinajstić information content (AvgIpc) is 3.06. The number of aliphatic carboxylic acids is 1. The van der Waals surface area contributed by atoms with Crippen molar-refractivity contribution in [3.63, 3.8) is 0 Å². The lowest BCUT2D eigenvalue weighted by Gasteiger charge is -2.33. The molecule has 0 spiro atoms. The van der Waals surface area contributed by atoms with Gasteiger partial charge < -0.3 is 5.11 Å². The molecule has 0 aromatic heterocycles. The predicted molar refractivity (Wildman–Crippen MR) is 80.6 cm³/mol. The highest BCUT2D eigenvalue weighted by molar-refractivity contribution is 7.99. The average molecular weight is 285 g/mol. The molecule has 0 saturated heterocycles. The third-order valence-corrected chi connectivity index (χ3v) is 5.73. The number of hydrogen-bond acceptors (Lipinski definition) is 3. The van der Waals surface area contributed by atoms with Gasteiger partial charge in [0.1, 0.15) is 5.54 Å². The monoisotopic (exact) mass is 285 g/mol. The molecule has 0 aromatic rings. The van der Waals surface area contributed by atoms with Crippen molar-refractivity contribution in [2.75, 3.05) is 11.5 Å². The molecule has 4 heteroatoms. The van der Waals surface area contributed by atoms with Gasteiger partial charge in [-0.3, -0.25) is 10.1 Å². The van der Waals surface area contributed by atoms with E-state index in [-0.39, 0.29) is 6.04 Å². The summed E-state index contributed by atoms with van der Waals surface area (Å²) >= 11 is 1.85. The van der Waals surface area contributed by atoms with Gasteiger partial charge in [-0.25, -0.2) is 0 Å². The summed E-state index contributed by atoms with van der Waals surface area (Å²) in [5.41, 5.74) is -0.683. The van der Waals surface area contributed by atoms with Crippen LogP contribution in [0.2, 0.25) is 0 Å². The number of rotatable bonds is 8. The van der Waals surface area contributed by atoms with Crippen LogP contribution in [0, 0.1) is 11.8 Å². The molecule has 2 saturated carbocycles. The molecule has 3 nitrogen and oxygen atoms in total. The van der Waals surface area contributed by atoms with Crippen LogP contribution in [-0.4, -0.2) is 34.2 Å². The fraction of sp³-hybridized carbons (Fsp3) is 0.933. The second kappa shape index (κ2) is 6.49. The first-order valence-electron chi connectivity index (χ1n) is 7.63. The SMILES string of the molecule is CC(C)NC(CSCC1CCCC1)(C(=O)O)C1CC1. The zero-order valence-electron chi connectivity index (χ0n) is 12.2. The summed E-state index contributed by atoms with van der Waals surface area (Å²) in [6, 6.07) is 0.226. The molecule has 2 N–H and O–H groups in total. The molecule has 2 rings (SSSR count). The lowest BCUT2D eigenvalue weighted by atomic mass is 9.94. The lowest BCUT2D eigenvalue weighted by Crippen LogP contribution is -2.58. The topological polar surface area (TPSA) is 49.3 Å². The third kappa shape index (κ3) is 3.88. The Hall–Kier alpha value is -0.220. The first kappa shape index (κ1) is 15.2. The van der Waals surface area contributed by atoms with Gasteiger partial charge in [-0.15, -0.1) is 0 Å². The lowest BCUT2D eigenvalue weighted by molar-refractivity contribution is -0.145. The van der Waals surface area contributed by atoms with Crippen molar-refractivity contribution in [3.05, 3.63) is 0 Å². The first-order chi connectivity index (χ1) is 9.04. The molecule has 0 aromatic carbocycles. The molecular weight excluding hydrogens is 258 g/mol. The number of nitrogens with one attached hydrogen (secondary N) is 1. The summed E-state index contributed by atoms with van der Waals surface area (Å²) in [6.45, 7) is 4.09. The van der Waals surface area contributed by atoms with Crippen molar-refractivity contribution in [2.24, 2.45) is 11.8 Å². The van der Waals surface area contributed by atoms with Crippen LogP contribution in [0.1, 0.15) is 52.4 Å². The maximum Gasteiger partial charge on any atom is 0.325 e. The summed E-state index contributed by atoms with van der Waals surface area (Å²) in [5, 5.41) is 13.1. The Labute approximate surface area is 120 Å². The van der Waals surface area contributed by atoms with Gasteiger partial charge in [-0.05, 0) is 57.1 Å². The smallest absolute Gasteiger partial charge is 0.325 e. The fourth-order valence-electron chi connectivity index (χ4n) is 3.23. The van der Waals surface area contributed by atoms with Crippen LogP contribution in [0.15, 0.2) is 0 Å². The normalized spacial score (nSPS) is 23.7. The van der Waals surface area contributed by atoms with Crippen molar-refractivity contribution in [1.82, 2.24) is 5.32 Å². The van der Waals surface area contributed by atoms with E-state index in [9.17, 15) is 9.90 Å². The van der Waals surface area contributed by atoms with Crippen molar-refractivity contribution in [2.45, 2.75) is 64.0 Å². The highest BCUT2D eigenvalue weighted by atomic mass is 32.2. The quantitative estimate of drug-likeness (QED) is 0.719. The van der Waals surface area contributed by atoms with Gasteiger partial charge >= 0.3 is 5.97 Å². The number of carbonyl (C=O) groups is 1. The molecule has 2 fully saturated rings. The zero-order valence-corrected chi connectivity index (χ0v) is 13.0. The first-order valence-corrected chi connectivity index (χ1v) is 8.79. The van der Waals surface area contributed by atoms with Crippen LogP contribution in [0.25, 0.3) is 0 Å². The summed E-state index contributed by atoms with van der Waals surface area (Å²) < 4.78 is 0. The highest BCUT2D eigenvalue weighted by Gasteiger charge is 2.51. The number of carboxylic acids is 1. The standard InChI is InChI=1S/C15H27NO2S/c1-11(2)16-15(14(17)18,13-7-8-13)10-19-9-12-5-3-4-6-12/h11-13,16H,3-10H2,1-2H3,(H,17,18). The maximum absolute atomic E-state index is 11.8. The molecule has 1 atom stereocenters. The summed E-state index contributed by atoms with van der Waals surface area (Å²) in [7, 11) is 0. The molecule has 0 radical (unpaired) electrons. The minimum Gasteiger partial charge on any atom is -0.480 e. The molecule has 2 aliphatic carbocycles. The van der Waals surface area contributed by atoms with Crippen LogP contribution >= 0.6 is 11.8 Å². The van der Waals surface area contributed by atoms with Crippen molar-refractivity contribution in [1.29, 1.82) is 0 Å². The van der Waals surface area contributed by atoms with Gasteiger partial charge in [-0.1, -0.05) is 12.8 Å². The van der Waals surface area contributed by atoms with Gasteiger partial charge in [0.2, 0.25) is 0 Å². The van der Waals surface area contributed by atoms with Crippen molar-refractivity contribution >= 4 is 17.7 Å². The van der Waals surface area contributed by atoms with E-state index >= 15 is 0 Å². The molecule has 0 bridgehead atoms. The Balaban J connectivity index is 1.90. The van der Waals surface area contributed by atoms with Gasteiger partial charge in [0, 0.05) is 11.8 Å². The van der Waals surface area contributed by atoms with Crippen LogP contribution in [0.5, 0.6) is 0 Å². The second-order valence-electron chi connectivity index (χ2n) is 6.52. The second-order valence-corrected chi connectivity index (χ2v) is 7.55. The molecular formula is C15H27NO2S. The Morgan fingerprint density at radius 2 is 1.95 bits per heavy atom. The molecule has 1 unspecified atom stereocenters. The molecule has 0 amide bonds. The number of thioether (sulfide) groups is 1. The minimum atomic E-state index is -0.683. The largest absolute Gasteiger partial charge is 0.480 e. The van der Waals surface area contributed by atoms with Crippen molar-refractivity contribution in [3.8, 4) is 0 Å². The van der Waals surface area contributed by atoms with Gasteiger partial charge in [-0.2, -0.15) is 11.8 Å². The predicted octanol–water partition coefficient (Wildman–Crippen LogP) is 3.14. The molecule has 0 heterocycles. The van der Waals surface area contributed by atoms with E-state index in [1.807, 2.05) is 25.6 Å². The Morgan fingerprint density at radius 1 is 1.32 bits per heavy atom. The third-order valence-electron chi connectivity index (χ3n) is 4.36. The summed E-state index contributed by atoms with van der Waals surface area (Å²) in [5.74, 6) is 2.38. The van der Waals surface area contributed by atoms with Crippen LogP contribution < -0.4 is 5.32 Å². The fourth-order valence-corrected chi connectivity index (χ4v) is 4.78. The molecule has 2 aliphatic rings. The van der Waals surface area contributed by atoms with Gasteiger partial charge in [0.25, 0.3) is 0 Å². The maximum atomic E-state index is 11.8. The van der Waals surface area contributed by atoms with Crippen LogP contribution in [0.4, 0.5) is 0 Å². The Bertz CT molecular complexity index is 311. The molecule has 110 valence electrons. The molecule has 0 aliphatic heterocycles. The van der Waals surface area contributed by atoms with Crippen molar-refractivity contribution < 1.29 is 9.90 Å². The minimum absolute atomic E-state index is 0.226. The van der Waals surface area contributed by atoms with Crippen LogP contribution in [-0.2, 0) is 4.79 Å². The zero-order chi connectivity index (χ0) is 13.9. The van der Waals surface area contributed by atoms with Crippen LogP contribution in [0.3, 0.4) is 0 Å². The van der Waals surface area contributed by atoms with E-state index in [1.165, 1.54) is 25.7 Å². The van der Waals surface area contributed by atoms with E-state index in [4.69, 9.17) is 0 Å². The van der Waals surface area contributed by atoms with E-state index in [1.54, 1.807) is 0 Å². The number of hydrogen-bond donors (Lipinski definition) is 2. The Kier molecular flexibility index (Phi) is 5.18. The van der Waals surface area contributed by atoms with Gasteiger partial charge in [0.05, 0.1) is 0 Å². The summed E-state index contributed by atoms with van der Waals surface area (Å²) in [6.07, 6.45) is 7.54. The summed E-state index contributed by atoms with van der Waals surface area (Å²) in [4.78, 5) is 11.8. The highest BCUT2D eigenvalue weighted by Crippen LogP contribution is 2.42. The van der Waals surface area contributed by atoms with E-state index in [0.717, 1.165) is 30.3 Å². The van der Waals surface area contributed by atoms with E-state index < -0.39 is 11.5 Å².